The SMILES string of the molecule is O=C(N[C@@H]1CCOc2cc(F)c(C(=O)N3CCC4(CC3)CCN(c3ccncc3)CC4)cc21)c1ccccc1O. The normalized spacial score (nSPS) is 20.0. The third-order valence-corrected chi connectivity index (χ3v) is 8.79. The molecule has 1 atom stereocenters. The first kappa shape index (κ1) is 26.1. The molecular formula is C31H33FN4O4. The van der Waals surface area contributed by atoms with Gasteiger partial charge >= 0.3 is 0 Å². The molecule has 0 bridgehead atoms. The van der Waals surface area contributed by atoms with Crippen molar-refractivity contribution in [1.82, 2.24) is 15.2 Å². The third-order valence-electron chi connectivity index (χ3n) is 8.79. The van der Waals surface area contributed by atoms with Gasteiger partial charge < -0.3 is 25.0 Å². The molecule has 3 aliphatic rings. The van der Waals surface area contributed by atoms with E-state index < -0.39 is 17.8 Å². The van der Waals surface area contributed by atoms with E-state index in [1.807, 2.05) is 24.5 Å². The molecule has 0 radical (unpaired) electrons. The van der Waals surface area contributed by atoms with E-state index in [4.69, 9.17) is 4.74 Å². The molecule has 2 saturated heterocycles. The summed E-state index contributed by atoms with van der Waals surface area (Å²) in [5, 5.41) is 13.0. The van der Waals surface area contributed by atoms with E-state index in [1.165, 1.54) is 30.0 Å². The predicted octanol–water partition coefficient (Wildman–Crippen LogP) is 4.70. The van der Waals surface area contributed by atoms with Gasteiger partial charge in [-0.2, -0.15) is 0 Å². The summed E-state index contributed by atoms with van der Waals surface area (Å²) in [4.78, 5) is 34.6. The maximum absolute atomic E-state index is 15.2. The molecule has 40 heavy (non-hydrogen) atoms. The minimum Gasteiger partial charge on any atom is -0.507 e. The first-order valence-electron chi connectivity index (χ1n) is 13.9. The van der Waals surface area contributed by atoms with Crippen molar-refractivity contribution in [3.05, 3.63) is 83.4 Å². The number of pyridine rings is 1. The summed E-state index contributed by atoms with van der Waals surface area (Å²) in [6, 6.07) is 12.7. The number of ether oxygens (including phenoxy) is 1. The van der Waals surface area contributed by atoms with Crippen LogP contribution in [0.15, 0.2) is 60.9 Å². The Morgan fingerprint density at radius 2 is 1.68 bits per heavy atom. The zero-order valence-corrected chi connectivity index (χ0v) is 22.3. The largest absolute Gasteiger partial charge is 0.507 e. The number of carbonyl (C=O) groups excluding carboxylic acids is 2. The fraction of sp³-hybridized carbons (Fsp3) is 0.387. The van der Waals surface area contributed by atoms with Gasteiger partial charge in [0.15, 0.2) is 0 Å². The summed E-state index contributed by atoms with van der Waals surface area (Å²) in [5.41, 5.74) is 2.12. The number of halogens is 1. The average molecular weight is 545 g/mol. The molecule has 2 amide bonds. The number of aromatic hydroxyl groups is 1. The Kier molecular flexibility index (Phi) is 7.04. The van der Waals surface area contributed by atoms with Gasteiger partial charge in [-0.05, 0) is 61.4 Å². The number of hydrogen-bond donors (Lipinski definition) is 2. The van der Waals surface area contributed by atoms with Gasteiger partial charge in [-0.15, -0.1) is 0 Å². The minimum absolute atomic E-state index is 0.00508. The first-order valence-corrected chi connectivity index (χ1v) is 13.9. The van der Waals surface area contributed by atoms with E-state index >= 15 is 4.39 Å². The number of nitrogens with zero attached hydrogens (tertiary/aromatic N) is 3. The Morgan fingerprint density at radius 1 is 0.975 bits per heavy atom. The van der Waals surface area contributed by atoms with E-state index in [0.717, 1.165) is 38.8 Å². The monoisotopic (exact) mass is 544 g/mol. The van der Waals surface area contributed by atoms with Gasteiger partial charge in [-0.25, -0.2) is 4.39 Å². The number of phenols is 1. The number of anilines is 1. The van der Waals surface area contributed by atoms with Crippen LogP contribution in [0.1, 0.15) is 64.4 Å². The number of hydrogen-bond acceptors (Lipinski definition) is 6. The van der Waals surface area contributed by atoms with Crippen LogP contribution < -0.4 is 15.0 Å². The Balaban J connectivity index is 1.13. The molecule has 0 saturated carbocycles. The molecule has 8 nitrogen and oxygen atoms in total. The molecule has 9 heteroatoms. The van der Waals surface area contributed by atoms with Crippen LogP contribution in [0.25, 0.3) is 0 Å². The topological polar surface area (TPSA) is 95.0 Å². The van der Waals surface area contributed by atoms with Gasteiger partial charge in [-0.1, -0.05) is 12.1 Å². The Hall–Kier alpha value is -4.14. The summed E-state index contributed by atoms with van der Waals surface area (Å²) < 4.78 is 20.9. The van der Waals surface area contributed by atoms with Gasteiger partial charge in [0.05, 0.1) is 23.8 Å². The smallest absolute Gasteiger partial charge is 0.256 e. The van der Waals surface area contributed by atoms with Crippen molar-refractivity contribution in [2.24, 2.45) is 5.41 Å². The number of para-hydroxylation sites is 1. The molecule has 3 aliphatic heterocycles. The van der Waals surface area contributed by atoms with Crippen LogP contribution >= 0.6 is 0 Å². The average Bonchev–Trinajstić information content (AvgIpc) is 2.98. The van der Waals surface area contributed by atoms with Crippen LogP contribution in [0.5, 0.6) is 11.5 Å². The second-order valence-electron chi connectivity index (χ2n) is 11.0. The number of benzene rings is 2. The summed E-state index contributed by atoms with van der Waals surface area (Å²) in [6.45, 7) is 3.44. The lowest BCUT2D eigenvalue weighted by Crippen LogP contribution is -2.48. The van der Waals surface area contributed by atoms with E-state index in [-0.39, 0.29) is 28.2 Å². The highest BCUT2D eigenvalue weighted by Gasteiger charge is 2.39. The molecule has 208 valence electrons. The van der Waals surface area contributed by atoms with E-state index in [2.05, 4.69) is 15.2 Å². The molecule has 0 aliphatic carbocycles. The summed E-state index contributed by atoms with van der Waals surface area (Å²) in [7, 11) is 0. The molecule has 2 fully saturated rings. The van der Waals surface area contributed by atoms with Crippen LogP contribution in [-0.2, 0) is 0 Å². The highest BCUT2D eigenvalue weighted by Crippen LogP contribution is 2.43. The standard InChI is InChI=1S/C31H33FN4O4/c32-25-20-28-24(26(7-18-40-28)34-29(38)22-3-1-2-4-27(22)37)19-23(25)30(39)36-16-10-31(11-17-36)8-14-35(15-9-31)21-5-12-33-13-6-21/h1-6,12-13,19-20,26,37H,7-11,14-18H2,(H,34,38)/t26-/m1/s1. The predicted molar refractivity (Wildman–Crippen MR) is 148 cm³/mol. The molecule has 2 aromatic carbocycles. The number of amides is 2. The molecule has 2 N–H and O–H groups in total. The lowest BCUT2D eigenvalue weighted by molar-refractivity contribution is 0.0510. The zero-order chi connectivity index (χ0) is 27.7. The number of nitrogens with one attached hydrogen (secondary N) is 1. The molecule has 0 unspecified atom stereocenters. The van der Waals surface area contributed by atoms with Crippen molar-refractivity contribution < 1.29 is 23.8 Å². The fourth-order valence-corrected chi connectivity index (χ4v) is 6.28. The second-order valence-corrected chi connectivity index (χ2v) is 11.0. The first-order chi connectivity index (χ1) is 19.4. The maximum Gasteiger partial charge on any atom is 0.256 e. The van der Waals surface area contributed by atoms with Gasteiger partial charge in [0.25, 0.3) is 11.8 Å². The van der Waals surface area contributed by atoms with E-state index in [9.17, 15) is 14.7 Å². The van der Waals surface area contributed by atoms with Crippen molar-refractivity contribution >= 4 is 17.5 Å². The van der Waals surface area contributed by atoms with Crippen LogP contribution in [0.4, 0.5) is 10.1 Å². The molecular weight excluding hydrogens is 511 g/mol. The molecule has 3 aromatic rings. The van der Waals surface area contributed by atoms with Crippen molar-refractivity contribution in [3.8, 4) is 11.5 Å². The lowest BCUT2D eigenvalue weighted by Gasteiger charge is -2.47. The Bertz CT molecular complexity index is 1400. The number of phenolic OH excluding ortho intramolecular Hbond substituents is 1. The highest BCUT2D eigenvalue weighted by molar-refractivity contribution is 5.97. The summed E-state index contributed by atoms with van der Waals surface area (Å²) in [6.07, 6.45) is 8.05. The van der Waals surface area contributed by atoms with Gasteiger partial charge in [0, 0.05) is 62.3 Å². The maximum atomic E-state index is 15.2. The Labute approximate surface area is 232 Å². The molecule has 1 aromatic heterocycles. The van der Waals surface area contributed by atoms with Crippen molar-refractivity contribution in [2.75, 3.05) is 37.7 Å². The van der Waals surface area contributed by atoms with Crippen LogP contribution in [0, 0.1) is 11.2 Å². The summed E-state index contributed by atoms with van der Waals surface area (Å²) in [5.74, 6) is -1.19. The van der Waals surface area contributed by atoms with E-state index in [0.29, 0.717) is 37.4 Å². The lowest BCUT2D eigenvalue weighted by atomic mass is 9.71. The number of aromatic nitrogens is 1. The van der Waals surface area contributed by atoms with E-state index in [1.54, 1.807) is 17.0 Å². The Morgan fingerprint density at radius 3 is 2.40 bits per heavy atom. The van der Waals surface area contributed by atoms with Gasteiger partial charge in [0.2, 0.25) is 0 Å². The number of piperidine rings is 2. The fourth-order valence-electron chi connectivity index (χ4n) is 6.28. The van der Waals surface area contributed by atoms with Crippen LogP contribution in [0.3, 0.4) is 0 Å². The zero-order valence-electron chi connectivity index (χ0n) is 22.3. The van der Waals surface area contributed by atoms with Crippen molar-refractivity contribution in [3.63, 3.8) is 0 Å². The third kappa shape index (κ3) is 5.08. The quantitative estimate of drug-likeness (QED) is 0.495. The van der Waals surface area contributed by atoms with Gasteiger partial charge in [-0.3, -0.25) is 14.6 Å². The number of likely N-dealkylation sites (tertiary alicyclic amines) is 1. The van der Waals surface area contributed by atoms with Crippen molar-refractivity contribution in [1.29, 1.82) is 0 Å². The molecule has 1 spiro atoms. The van der Waals surface area contributed by atoms with Crippen LogP contribution in [0.2, 0.25) is 0 Å². The minimum atomic E-state index is -0.623. The number of rotatable bonds is 4. The second kappa shape index (κ2) is 10.8. The molecule has 6 rings (SSSR count). The van der Waals surface area contributed by atoms with Gasteiger partial charge in [0.1, 0.15) is 17.3 Å². The summed E-state index contributed by atoms with van der Waals surface area (Å²) >= 11 is 0. The number of carbonyl (C=O) groups is 2. The highest BCUT2D eigenvalue weighted by atomic mass is 19.1. The number of fused-ring (bicyclic) bond motifs is 1. The molecule has 4 heterocycles. The van der Waals surface area contributed by atoms with Crippen LogP contribution in [-0.4, -0.2) is 59.6 Å². The van der Waals surface area contributed by atoms with Crippen molar-refractivity contribution in [2.45, 2.75) is 38.1 Å².